The number of nitro groups is 2. The average molecular weight is 289 g/mol. The maximum atomic E-state index is 11.1. The first-order chi connectivity index (χ1) is 10.0. The third-order valence-corrected chi connectivity index (χ3v) is 2.78. The highest BCUT2D eigenvalue weighted by Gasteiger charge is 2.22. The Hall–Kier alpha value is -3.03. The van der Waals surface area contributed by atoms with Gasteiger partial charge in [0.05, 0.1) is 9.85 Å². The van der Waals surface area contributed by atoms with Gasteiger partial charge >= 0.3 is 11.4 Å². The first-order valence-corrected chi connectivity index (χ1v) is 6.07. The predicted octanol–water partition coefficient (Wildman–Crippen LogP) is 3.25. The first-order valence-electron chi connectivity index (χ1n) is 6.07. The quantitative estimate of drug-likeness (QED) is 0.617. The van der Waals surface area contributed by atoms with Crippen LogP contribution in [0.15, 0.2) is 36.5 Å². The Labute approximate surface area is 119 Å². The number of aromatic nitrogens is 1. The van der Waals surface area contributed by atoms with Gasteiger partial charge < -0.3 is 4.74 Å². The van der Waals surface area contributed by atoms with Crippen LogP contribution in [-0.4, -0.2) is 14.8 Å². The molecule has 2 aromatic rings. The number of pyridine rings is 1. The van der Waals surface area contributed by atoms with Crippen LogP contribution in [0.5, 0.6) is 11.6 Å². The molecule has 0 saturated carbocycles. The normalized spacial score (nSPS) is 10.1. The zero-order valence-corrected chi connectivity index (χ0v) is 11.1. The Morgan fingerprint density at radius 2 is 1.86 bits per heavy atom. The van der Waals surface area contributed by atoms with Crippen LogP contribution in [0.2, 0.25) is 0 Å². The van der Waals surface area contributed by atoms with Gasteiger partial charge in [-0.1, -0.05) is 13.0 Å². The lowest BCUT2D eigenvalue weighted by Crippen LogP contribution is -1.99. The van der Waals surface area contributed by atoms with E-state index in [-0.39, 0.29) is 23.0 Å². The fourth-order valence-corrected chi connectivity index (χ4v) is 1.72. The Morgan fingerprint density at radius 3 is 2.48 bits per heavy atom. The van der Waals surface area contributed by atoms with E-state index in [4.69, 9.17) is 4.74 Å². The summed E-state index contributed by atoms with van der Waals surface area (Å²) in [5.41, 5.74) is 0.158. The Morgan fingerprint density at radius 1 is 1.14 bits per heavy atom. The van der Waals surface area contributed by atoms with E-state index in [0.717, 1.165) is 5.56 Å². The molecule has 8 heteroatoms. The number of nitrogens with zero attached hydrogens (tertiary/aromatic N) is 3. The number of benzene rings is 1. The fraction of sp³-hybridized carbons (Fsp3) is 0.154. The SMILES string of the molecule is CCc1ccc(Oc2ncccc2[N+](=O)[O-])c([N+](=O)[O-])c1. The molecule has 0 aliphatic rings. The van der Waals surface area contributed by atoms with Crippen molar-refractivity contribution in [1.29, 1.82) is 0 Å². The van der Waals surface area contributed by atoms with Gasteiger partial charge in [0.2, 0.25) is 5.75 Å². The highest BCUT2D eigenvalue weighted by molar-refractivity contribution is 5.52. The number of hydrogen-bond acceptors (Lipinski definition) is 6. The number of ether oxygens (including phenoxy) is 1. The fourth-order valence-electron chi connectivity index (χ4n) is 1.72. The summed E-state index contributed by atoms with van der Waals surface area (Å²) in [4.78, 5) is 24.5. The van der Waals surface area contributed by atoms with Crippen LogP contribution in [0.25, 0.3) is 0 Å². The van der Waals surface area contributed by atoms with Gasteiger partial charge in [-0.25, -0.2) is 4.98 Å². The minimum Gasteiger partial charge on any atom is -0.426 e. The lowest BCUT2D eigenvalue weighted by Gasteiger charge is -2.06. The van der Waals surface area contributed by atoms with Gasteiger partial charge in [0.15, 0.2) is 0 Å². The second-order valence-corrected chi connectivity index (χ2v) is 4.10. The summed E-state index contributed by atoms with van der Waals surface area (Å²) in [6.45, 7) is 1.86. The Bertz CT molecular complexity index is 702. The van der Waals surface area contributed by atoms with Crippen LogP contribution in [-0.2, 0) is 6.42 Å². The summed E-state index contributed by atoms with van der Waals surface area (Å²) in [6.07, 6.45) is 1.94. The maximum absolute atomic E-state index is 11.1. The molecule has 1 heterocycles. The van der Waals surface area contributed by atoms with Crippen molar-refractivity contribution in [2.45, 2.75) is 13.3 Å². The maximum Gasteiger partial charge on any atom is 0.331 e. The van der Waals surface area contributed by atoms with Crippen LogP contribution in [0.1, 0.15) is 12.5 Å². The number of hydrogen-bond donors (Lipinski definition) is 0. The molecule has 0 N–H and O–H groups in total. The van der Waals surface area contributed by atoms with E-state index in [1.807, 2.05) is 6.92 Å². The molecule has 0 spiro atoms. The van der Waals surface area contributed by atoms with Crippen molar-refractivity contribution in [3.63, 3.8) is 0 Å². The molecule has 0 saturated heterocycles. The third-order valence-electron chi connectivity index (χ3n) is 2.78. The highest BCUT2D eigenvalue weighted by atomic mass is 16.6. The van der Waals surface area contributed by atoms with Crippen LogP contribution >= 0.6 is 0 Å². The molecule has 0 amide bonds. The summed E-state index contributed by atoms with van der Waals surface area (Å²) in [5.74, 6) is -0.367. The van der Waals surface area contributed by atoms with Gasteiger partial charge in [0.25, 0.3) is 5.88 Å². The molecule has 0 bridgehead atoms. The topological polar surface area (TPSA) is 108 Å². The number of rotatable bonds is 5. The predicted molar refractivity (Wildman–Crippen MR) is 73.4 cm³/mol. The van der Waals surface area contributed by atoms with Crippen molar-refractivity contribution < 1.29 is 14.6 Å². The van der Waals surface area contributed by atoms with E-state index in [2.05, 4.69) is 4.98 Å². The molecule has 0 fully saturated rings. The van der Waals surface area contributed by atoms with E-state index in [0.29, 0.717) is 6.42 Å². The molecule has 1 aromatic heterocycles. The average Bonchev–Trinajstić information content (AvgIpc) is 2.47. The minimum atomic E-state index is -0.658. The molecule has 0 aliphatic carbocycles. The smallest absolute Gasteiger partial charge is 0.331 e. The van der Waals surface area contributed by atoms with Gasteiger partial charge in [-0.15, -0.1) is 0 Å². The van der Waals surface area contributed by atoms with Crippen molar-refractivity contribution in [1.82, 2.24) is 4.98 Å². The second kappa shape index (κ2) is 5.95. The van der Waals surface area contributed by atoms with E-state index in [9.17, 15) is 20.2 Å². The van der Waals surface area contributed by atoms with Gasteiger partial charge in [0, 0.05) is 18.3 Å². The van der Waals surface area contributed by atoms with Crippen LogP contribution < -0.4 is 4.74 Å². The zero-order chi connectivity index (χ0) is 15.4. The lowest BCUT2D eigenvalue weighted by atomic mass is 10.1. The zero-order valence-electron chi connectivity index (χ0n) is 11.1. The van der Waals surface area contributed by atoms with Gasteiger partial charge in [-0.05, 0) is 24.1 Å². The van der Waals surface area contributed by atoms with E-state index >= 15 is 0 Å². The van der Waals surface area contributed by atoms with Crippen LogP contribution in [0, 0.1) is 20.2 Å². The summed E-state index contributed by atoms with van der Waals surface area (Å²) in [5, 5.41) is 22.0. The molecular weight excluding hydrogens is 278 g/mol. The molecule has 0 radical (unpaired) electrons. The largest absolute Gasteiger partial charge is 0.426 e. The van der Waals surface area contributed by atoms with Crippen LogP contribution in [0.4, 0.5) is 11.4 Å². The summed E-state index contributed by atoms with van der Waals surface area (Å²) in [7, 11) is 0. The van der Waals surface area contributed by atoms with Crippen molar-refractivity contribution in [2.24, 2.45) is 0 Å². The Balaban J connectivity index is 2.45. The molecule has 0 unspecified atom stereocenters. The van der Waals surface area contributed by atoms with Gasteiger partial charge in [-0.2, -0.15) is 0 Å². The molecular formula is C13H11N3O5. The Kier molecular flexibility index (Phi) is 4.07. The number of aryl methyl sites for hydroxylation is 1. The minimum absolute atomic E-state index is 0.0843. The molecule has 21 heavy (non-hydrogen) atoms. The second-order valence-electron chi connectivity index (χ2n) is 4.10. The molecule has 0 aliphatic heterocycles. The molecule has 108 valence electrons. The molecule has 1 aromatic carbocycles. The third kappa shape index (κ3) is 3.11. The monoisotopic (exact) mass is 289 g/mol. The van der Waals surface area contributed by atoms with Crippen LogP contribution in [0.3, 0.4) is 0 Å². The summed E-state index contributed by atoms with van der Waals surface area (Å²) >= 11 is 0. The van der Waals surface area contributed by atoms with Crippen molar-refractivity contribution >= 4 is 11.4 Å². The summed E-state index contributed by atoms with van der Waals surface area (Å²) < 4.78 is 5.27. The highest BCUT2D eigenvalue weighted by Crippen LogP contribution is 2.34. The molecule has 2 rings (SSSR count). The lowest BCUT2D eigenvalue weighted by molar-refractivity contribution is -0.387. The summed E-state index contributed by atoms with van der Waals surface area (Å²) in [6, 6.07) is 7.06. The van der Waals surface area contributed by atoms with E-state index in [1.54, 1.807) is 6.07 Å². The standard InChI is InChI=1S/C13H11N3O5/c1-2-9-5-6-12(11(8-9)16(19)20)21-13-10(15(17)18)4-3-7-14-13/h3-8H,2H2,1H3. The van der Waals surface area contributed by atoms with Crippen molar-refractivity contribution in [3.05, 3.63) is 62.3 Å². The molecule has 8 nitrogen and oxygen atoms in total. The van der Waals surface area contributed by atoms with Crippen molar-refractivity contribution in [2.75, 3.05) is 0 Å². The number of nitro benzene ring substituents is 1. The van der Waals surface area contributed by atoms with E-state index in [1.165, 1.54) is 30.5 Å². The first kappa shape index (κ1) is 14.4. The van der Waals surface area contributed by atoms with Gasteiger partial charge in [-0.3, -0.25) is 20.2 Å². The van der Waals surface area contributed by atoms with Gasteiger partial charge in [0.1, 0.15) is 0 Å². The van der Waals surface area contributed by atoms with E-state index < -0.39 is 9.85 Å². The molecule has 0 atom stereocenters. The van der Waals surface area contributed by atoms with Crippen molar-refractivity contribution in [3.8, 4) is 11.6 Å².